The summed E-state index contributed by atoms with van der Waals surface area (Å²) in [5.41, 5.74) is 2.51. The first-order chi connectivity index (χ1) is 13.8. The molecule has 1 N–H and O–H groups in total. The molecule has 0 atom stereocenters. The third kappa shape index (κ3) is 5.53. The number of piperidine rings is 1. The van der Waals surface area contributed by atoms with Crippen LogP contribution in [-0.4, -0.2) is 42.5 Å². The zero-order chi connectivity index (χ0) is 21.0. The van der Waals surface area contributed by atoms with Gasteiger partial charge < -0.3 is 15.0 Å². The van der Waals surface area contributed by atoms with Crippen molar-refractivity contribution in [1.82, 2.24) is 10.2 Å². The molecule has 0 unspecified atom stereocenters. The molecule has 2 aromatic rings. The van der Waals surface area contributed by atoms with Crippen LogP contribution < -0.4 is 10.1 Å². The highest BCUT2D eigenvalue weighted by atomic mass is 19.1. The van der Waals surface area contributed by atoms with Crippen molar-refractivity contribution in [2.24, 2.45) is 0 Å². The van der Waals surface area contributed by atoms with Crippen LogP contribution in [0.15, 0.2) is 36.4 Å². The molecule has 2 amide bonds. The van der Waals surface area contributed by atoms with Gasteiger partial charge in [0.25, 0.3) is 5.91 Å². The Balaban J connectivity index is 1.46. The van der Waals surface area contributed by atoms with Gasteiger partial charge >= 0.3 is 0 Å². The second kappa shape index (κ2) is 9.03. The molecule has 0 aliphatic carbocycles. The lowest BCUT2D eigenvalue weighted by Crippen LogP contribution is -2.46. The number of benzene rings is 2. The molecule has 0 spiro atoms. The van der Waals surface area contributed by atoms with Crippen LogP contribution in [0.1, 0.15) is 34.3 Å². The Labute approximate surface area is 168 Å². The van der Waals surface area contributed by atoms with Crippen LogP contribution in [0.2, 0.25) is 0 Å². The molecule has 154 valence electrons. The SMILES string of the molecule is Cc1cc(C)cc(C(=O)NCC(=O)N2CCC(Oc3ccc(F)cc3F)CC2)c1. The summed E-state index contributed by atoms with van der Waals surface area (Å²) in [5.74, 6) is -1.84. The highest BCUT2D eigenvalue weighted by Gasteiger charge is 2.25. The van der Waals surface area contributed by atoms with Crippen LogP contribution in [0.25, 0.3) is 0 Å². The van der Waals surface area contributed by atoms with E-state index in [1.807, 2.05) is 19.9 Å². The summed E-state index contributed by atoms with van der Waals surface area (Å²) < 4.78 is 32.3. The standard InChI is InChI=1S/C22H24F2N2O3/c1-14-9-15(2)11-16(10-14)22(28)25-13-21(27)26-7-5-18(6-8-26)29-20-4-3-17(23)12-19(20)24/h3-4,9-12,18H,5-8,13H2,1-2H3,(H,25,28). The van der Waals surface area contributed by atoms with E-state index in [4.69, 9.17) is 4.74 Å². The molecule has 3 rings (SSSR count). The Morgan fingerprint density at radius 2 is 1.72 bits per heavy atom. The predicted octanol–water partition coefficient (Wildman–Crippen LogP) is 3.38. The van der Waals surface area contributed by atoms with Crippen molar-refractivity contribution in [2.45, 2.75) is 32.8 Å². The molecule has 1 aliphatic rings. The van der Waals surface area contributed by atoms with E-state index in [1.54, 1.807) is 17.0 Å². The number of aryl methyl sites for hydroxylation is 2. The average molecular weight is 402 g/mol. The molecule has 1 aliphatic heterocycles. The van der Waals surface area contributed by atoms with Crippen molar-refractivity contribution in [3.8, 4) is 5.75 Å². The number of amides is 2. The van der Waals surface area contributed by atoms with Crippen molar-refractivity contribution in [1.29, 1.82) is 0 Å². The van der Waals surface area contributed by atoms with Gasteiger partial charge in [-0.15, -0.1) is 0 Å². The van der Waals surface area contributed by atoms with Gasteiger partial charge in [0.1, 0.15) is 11.9 Å². The maximum Gasteiger partial charge on any atom is 0.251 e. The van der Waals surface area contributed by atoms with Gasteiger partial charge in [0.15, 0.2) is 11.6 Å². The van der Waals surface area contributed by atoms with E-state index >= 15 is 0 Å². The van der Waals surface area contributed by atoms with Crippen molar-refractivity contribution in [3.63, 3.8) is 0 Å². The smallest absolute Gasteiger partial charge is 0.251 e. The van der Waals surface area contributed by atoms with E-state index in [1.165, 1.54) is 6.07 Å². The summed E-state index contributed by atoms with van der Waals surface area (Å²) in [5, 5.41) is 2.67. The van der Waals surface area contributed by atoms with Crippen LogP contribution in [0, 0.1) is 25.5 Å². The normalized spacial score (nSPS) is 14.6. The predicted molar refractivity (Wildman–Crippen MR) is 105 cm³/mol. The summed E-state index contributed by atoms with van der Waals surface area (Å²) in [6.07, 6.45) is 0.824. The van der Waals surface area contributed by atoms with E-state index in [2.05, 4.69) is 5.32 Å². The van der Waals surface area contributed by atoms with Gasteiger partial charge in [-0.25, -0.2) is 8.78 Å². The lowest BCUT2D eigenvalue weighted by atomic mass is 10.1. The van der Waals surface area contributed by atoms with Crippen molar-refractivity contribution < 1.29 is 23.1 Å². The molecule has 0 bridgehead atoms. The maximum absolute atomic E-state index is 13.7. The number of ether oxygens (including phenoxy) is 1. The molecule has 2 aromatic carbocycles. The lowest BCUT2D eigenvalue weighted by Gasteiger charge is -2.32. The van der Waals surface area contributed by atoms with Crippen LogP contribution in [0.5, 0.6) is 5.75 Å². The average Bonchev–Trinajstić information content (AvgIpc) is 2.68. The van der Waals surface area contributed by atoms with E-state index in [0.717, 1.165) is 23.3 Å². The minimum Gasteiger partial charge on any atom is -0.487 e. The molecule has 1 heterocycles. The van der Waals surface area contributed by atoms with E-state index < -0.39 is 11.6 Å². The first-order valence-corrected chi connectivity index (χ1v) is 9.58. The Kier molecular flexibility index (Phi) is 6.46. The summed E-state index contributed by atoms with van der Waals surface area (Å²) in [6, 6.07) is 8.74. The van der Waals surface area contributed by atoms with Crippen molar-refractivity contribution in [3.05, 3.63) is 64.7 Å². The topological polar surface area (TPSA) is 58.6 Å². The molecule has 29 heavy (non-hydrogen) atoms. The number of hydrogen-bond acceptors (Lipinski definition) is 3. The number of nitrogens with zero attached hydrogens (tertiary/aromatic N) is 1. The van der Waals surface area contributed by atoms with Gasteiger partial charge in [0.05, 0.1) is 6.54 Å². The second-order valence-corrected chi connectivity index (χ2v) is 7.33. The molecule has 1 saturated heterocycles. The van der Waals surface area contributed by atoms with Crippen LogP contribution in [0.4, 0.5) is 8.78 Å². The fourth-order valence-electron chi connectivity index (χ4n) is 3.45. The number of carbonyl (C=O) groups is 2. The Morgan fingerprint density at radius 3 is 2.34 bits per heavy atom. The maximum atomic E-state index is 13.7. The number of carbonyl (C=O) groups excluding carboxylic acids is 2. The first kappa shape index (κ1) is 20.8. The summed E-state index contributed by atoms with van der Waals surface area (Å²) in [7, 11) is 0. The fourth-order valence-corrected chi connectivity index (χ4v) is 3.45. The zero-order valence-electron chi connectivity index (χ0n) is 16.5. The number of halogens is 2. The monoisotopic (exact) mass is 402 g/mol. The number of hydrogen-bond donors (Lipinski definition) is 1. The molecule has 0 radical (unpaired) electrons. The first-order valence-electron chi connectivity index (χ1n) is 9.58. The molecule has 0 aromatic heterocycles. The van der Waals surface area contributed by atoms with Gasteiger partial charge in [0.2, 0.25) is 5.91 Å². The van der Waals surface area contributed by atoms with Gasteiger partial charge in [0, 0.05) is 37.6 Å². The Hall–Kier alpha value is -2.96. The fraction of sp³-hybridized carbons (Fsp3) is 0.364. The second-order valence-electron chi connectivity index (χ2n) is 7.33. The van der Waals surface area contributed by atoms with Crippen LogP contribution >= 0.6 is 0 Å². The largest absolute Gasteiger partial charge is 0.487 e. The lowest BCUT2D eigenvalue weighted by molar-refractivity contribution is -0.131. The van der Waals surface area contributed by atoms with Crippen molar-refractivity contribution >= 4 is 11.8 Å². The summed E-state index contributed by atoms with van der Waals surface area (Å²) in [6.45, 7) is 4.65. The number of nitrogens with one attached hydrogen (secondary N) is 1. The van der Waals surface area contributed by atoms with Crippen molar-refractivity contribution in [2.75, 3.05) is 19.6 Å². The third-order valence-electron chi connectivity index (χ3n) is 4.87. The molecule has 7 heteroatoms. The summed E-state index contributed by atoms with van der Waals surface area (Å²) >= 11 is 0. The molecule has 1 fully saturated rings. The van der Waals surface area contributed by atoms with E-state index in [9.17, 15) is 18.4 Å². The highest BCUT2D eigenvalue weighted by Crippen LogP contribution is 2.23. The number of likely N-dealkylation sites (tertiary alicyclic amines) is 1. The van der Waals surface area contributed by atoms with E-state index in [-0.39, 0.29) is 30.2 Å². The quantitative estimate of drug-likeness (QED) is 0.834. The van der Waals surface area contributed by atoms with Gasteiger partial charge in [-0.05, 0) is 38.1 Å². The molecule has 0 saturated carbocycles. The van der Waals surface area contributed by atoms with Gasteiger partial charge in [-0.1, -0.05) is 17.2 Å². The Bertz CT molecular complexity index is 889. The number of rotatable bonds is 5. The molecular formula is C22H24F2N2O3. The van der Waals surface area contributed by atoms with E-state index in [0.29, 0.717) is 31.5 Å². The van der Waals surface area contributed by atoms with Crippen LogP contribution in [0.3, 0.4) is 0 Å². The highest BCUT2D eigenvalue weighted by molar-refractivity contribution is 5.96. The summed E-state index contributed by atoms with van der Waals surface area (Å²) in [4.78, 5) is 26.3. The molecule has 5 nitrogen and oxygen atoms in total. The zero-order valence-corrected chi connectivity index (χ0v) is 16.5. The molecular weight excluding hydrogens is 378 g/mol. The van der Waals surface area contributed by atoms with Gasteiger partial charge in [-0.2, -0.15) is 0 Å². The minimum atomic E-state index is -0.738. The van der Waals surface area contributed by atoms with Gasteiger partial charge in [-0.3, -0.25) is 9.59 Å². The third-order valence-corrected chi connectivity index (χ3v) is 4.87. The Morgan fingerprint density at radius 1 is 1.07 bits per heavy atom. The minimum absolute atomic E-state index is 0.0110. The van der Waals surface area contributed by atoms with Crippen LogP contribution in [-0.2, 0) is 4.79 Å².